The highest BCUT2D eigenvalue weighted by molar-refractivity contribution is 5.76. The van der Waals surface area contributed by atoms with Crippen LogP contribution in [-0.4, -0.2) is 34.4 Å². The van der Waals surface area contributed by atoms with Gasteiger partial charge in [0.05, 0.1) is 12.1 Å². The Balaban J connectivity index is 1.64. The Kier molecular flexibility index (Phi) is 4.57. The smallest absolute Gasteiger partial charge is 0.388 e. The van der Waals surface area contributed by atoms with E-state index in [1.165, 1.54) is 0 Å². The predicted molar refractivity (Wildman–Crippen MR) is 82.8 cm³/mol. The first-order chi connectivity index (χ1) is 11.1. The molecule has 1 aliphatic heterocycles. The van der Waals surface area contributed by atoms with Crippen LogP contribution in [-0.2, 0) is 16.1 Å². The topological polar surface area (TPSA) is 86.4 Å². The second-order valence-corrected chi connectivity index (χ2v) is 5.60. The zero-order chi connectivity index (χ0) is 16.2. The molecule has 1 aromatic carbocycles. The fourth-order valence-electron chi connectivity index (χ4n) is 2.63. The van der Waals surface area contributed by atoms with Gasteiger partial charge in [-0.2, -0.15) is 4.68 Å². The van der Waals surface area contributed by atoms with Gasteiger partial charge in [0.15, 0.2) is 0 Å². The number of aromatic nitrogens is 2. The van der Waals surface area contributed by atoms with Crippen LogP contribution < -0.4 is 11.1 Å². The fraction of sp³-hybridized carbons (Fsp3) is 0.438. The van der Waals surface area contributed by atoms with E-state index in [2.05, 4.69) is 10.4 Å². The first kappa shape index (κ1) is 15.5. The van der Waals surface area contributed by atoms with E-state index in [4.69, 9.17) is 9.15 Å². The second-order valence-electron chi connectivity index (χ2n) is 5.60. The monoisotopic (exact) mass is 317 g/mol. The van der Waals surface area contributed by atoms with E-state index < -0.39 is 5.76 Å². The van der Waals surface area contributed by atoms with Gasteiger partial charge in [0, 0.05) is 12.2 Å². The molecular formula is C16H19N3O4. The Bertz CT molecular complexity index is 716. The summed E-state index contributed by atoms with van der Waals surface area (Å²) in [6.45, 7) is 2.45. The van der Waals surface area contributed by atoms with Gasteiger partial charge in [0.1, 0.15) is 6.54 Å². The number of amides is 1. The molecule has 1 aromatic heterocycles. The minimum atomic E-state index is -0.649. The molecule has 0 unspecified atom stereocenters. The Hall–Kier alpha value is -2.41. The third-order valence-corrected chi connectivity index (χ3v) is 3.83. The van der Waals surface area contributed by atoms with Crippen LogP contribution in [0.4, 0.5) is 0 Å². The van der Waals surface area contributed by atoms with Crippen LogP contribution in [0.1, 0.15) is 19.8 Å². The molecular weight excluding hydrogens is 298 g/mol. The van der Waals surface area contributed by atoms with E-state index in [1.54, 1.807) is 12.1 Å². The van der Waals surface area contributed by atoms with Crippen molar-refractivity contribution in [2.45, 2.75) is 38.5 Å². The van der Waals surface area contributed by atoms with Gasteiger partial charge in [-0.25, -0.2) is 4.79 Å². The third kappa shape index (κ3) is 3.68. The van der Waals surface area contributed by atoms with Crippen molar-refractivity contribution >= 4 is 5.91 Å². The second kappa shape index (κ2) is 6.78. The van der Waals surface area contributed by atoms with E-state index in [1.807, 2.05) is 25.1 Å². The molecule has 23 heavy (non-hydrogen) atoms. The van der Waals surface area contributed by atoms with Gasteiger partial charge in [0.25, 0.3) is 0 Å². The Labute approximate surface area is 133 Å². The molecule has 1 saturated heterocycles. The molecule has 1 fully saturated rings. The lowest BCUT2D eigenvalue weighted by molar-refractivity contribution is -0.123. The summed E-state index contributed by atoms with van der Waals surface area (Å²) in [5, 5.41) is 6.91. The number of benzene rings is 1. The molecule has 0 bridgehead atoms. The minimum Gasteiger partial charge on any atom is -0.388 e. The van der Waals surface area contributed by atoms with Crippen LogP contribution in [0.3, 0.4) is 0 Å². The highest BCUT2D eigenvalue weighted by atomic mass is 16.5. The number of nitrogens with zero attached hydrogens (tertiary/aromatic N) is 2. The van der Waals surface area contributed by atoms with Crippen molar-refractivity contribution in [1.29, 1.82) is 0 Å². The van der Waals surface area contributed by atoms with Gasteiger partial charge >= 0.3 is 5.76 Å². The Morgan fingerprint density at radius 2 is 2.22 bits per heavy atom. The van der Waals surface area contributed by atoms with Gasteiger partial charge in [-0.05, 0) is 31.9 Å². The van der Waals surface area contributed by atoms with E-state index in [-0.39, 0.29) is 30.5 Å². The van der Waals surface area contributed by atoms with Gasteiger partial charge in [0.2, 0.25) is 11.8 Å². The van der Waals surface area contributed by atoms with E-state index in [0.29, 0.717) is 5.56 Å². The van der Waals surface area contributed by atoms with Crippen molar-refractivity contribution < 1.29 is 13.9 Å². The van der Waals surface area contributed by atoms with Crippen LogP contribution in [0, 0.1) is 0 Å². The third-order valence-electron chi connectivity index (χ3n) is 3.83. The number of ether oxygens (including phenoxy) is 1. The van der Waals surface area contributed by atoms with Gasteiger partial charge in [-0.3, -0.25) is 4.79 Å². The molecule has 1 aliphatic rings. The lowest BCUT2D eigenvalue weighted by atomic mass is 10.1. The first-order valence-electron chi connectivity index (χ1n) is 7.68. The summed E-state index contributed by atoms with van der Waals surface area (Å²) in [5.41, 5.74) is 0.691. The largest absolute Gasteiger partial charge is 0.437 e. The number of hydrogen-bond donors (Lipinski definition) is 1. The molecule has 0 radical (unpaired) electrons. The maximum Gasteiger partial charge on any atom is 0.437 e. The predicted octanol–water partition coefficient (Wildman–Crippen LogP) is 1.19. The Morgan fingerprint density at radius 1 is 1.43 bits per heavy atom. The van der Waals surface area contributed by atoms with Crippen LogP contribution in [0.2, 0.25) is 0 Å². The van der Waals surface area contributed by atoms with Gasteiger partial charge in [-0.15, -0.1) is 5.10 Å². The summed E-state index contributed by atoms with van der Waals surface area (Å²) in [6.07, 6.45) is 1.98. The summed E-state index contributed by atoms with van der Waals surface area (Å²) in [6, 6.07) is 8.98. The molecule has 0 spiro atoms. The van der Waals surface area contributed by atoms with Crippen molar-refractivity contribution in [3.05, 3.63) is 40.9 Å². The van der Waals surface area contributed by atoms with Crippen molar-refractivity contribution in [2.75, 3.05) is 6.61 Å². The van der Waals surface area contributed by atoms with E-state index >= 15 is 0 Å². The van der Waals surface area contributed by atoms with Crippen molar-refractivity contribution in [3.63, 3.8) is 0 Å². The van der Waals surface area contributed by atoms with E-state index in [0.717, 1.165) is 24.1 Å². The van der Waals surface area contributed by atoms with Gasteiger partial charge < -0.3 is 14.5 Å². The Morgan fingerprint density at radius 3 is 2.91 bits per heavy atom. The van der Waals surface area contributed by atoms with Crippen molar-refractivity contribution in [3.8, 4) is 11.5 Å². The van der Waals surface area contributed by atoms with Crippen LogP contribution >= 0.6 is 0 Å². The van der Waals surface area contributed by atoms with Crippen LogP contribution in [0.5, 0.6) is 0 Å². The maximum absolute atomic E-state index is 12.1. The minimum absolute atomic E-state index is 0.0351. The molecule has 7 nitrogen and oxygen atoms in total. The molecule has 0 saturated carbocycles. The fourth-order valence-corrected chi connectivity index (χ4v) is 2.63. The summed E-state index contributed by atoms with van der Waals surface area (Å²) in [7, 11) is 0. The lowest BCUT2D eigenvalue weighted by Crippen LogP contribution is -2.43. The molecule has 2 heterocycles. The number of hydrogen-bond acceptors (Lipinski definition) is 5. The quantitative estimate of drug-likeness (QED) is 0.895. The molecule has 3 rings (SSSR count). The molecule has 1 amide bonds. The normalized spacial score (nSPS) is 18.7. The standard InChI is InChI=1S/C16H19N3O4/c1-11(13-8-5-9-22-13)17-14(20)10-19-16(21)23-15(18-19)12-6-3-2-4-7-12/h2-4,6-7,11,13H,5,8-10H2,1H3,(H,17,20)/t11-,13-/m1/s1. The van der Waals surface area contributed by atoms with Crippen LogP contribution in [0.15, 0.2) is 39.5 Å². The summed E-state index contributed by atoms with van der Waals surface area (Å²) >= 11 is 0. The molecule has 2 atom stereocenters. The van der Waals surface area contributed by atoms with Crippen LogP contribution in [0.25, 0.3) is 11.5 Å². The highest BCUT2D eigenvalue weighted by Gasteiger charge is 2.24. The maximum atomic E-state index is 12.1. The molecule has 1 N–H and O–H groups in total. The molecule has 122 valence electrons. The number of rotatable bonds is 5. The van der Waals surface area contributed by atoms with E-state index in [9.17, 15) is 9.59 Å². The number of carbonyl (C=O) groups excluding carboxylic acids is 1. The molecule has 7 heteroatoms. The number of carbonyl (C=O) groups is 1. The SMILES string of the molecule is C[C@@H](NC(=O)Cn1nc(-c2ccccc2)oc1=O)[C@H]1CCCO1. The number of nitrogens with one attached hydrogen (secondary N) is 1. The average molecular weight is 317 g/mol. The molecule has 2 aromatic rings. The summed E-state index contributed by atoms with van der Waals surface area (Å²) in [4.78, 5) is 23.9. The lowest BCUT2D eigenvalue weighted by Gasteiger charge is -2.19. The van der Waals surface area contributed by atoms with Crippen molar-refractivity contribution in [2.24, 2.45) is 0 Å². The molecule has 0 aliphatic carbocycles. The zero-order valence-corrected chi connectivity index (χ0v) is 12.9. The first-order valence-corrected chi connectivity index (χ1v) is 7.68. The van der Waals surface area contributed by atoms with Crippen molar-refractivity contribution in [1.82, 2.24) is 15.1 Å². The highest BCUT2D eigenvalue weighted by Crippen LogP contribution is 2.16. The van der Waals surface area contributed by atoms with Gasteiger partial charge in [-0.1, -0.05) is 18.2 Å². The summed E-state index contributed by atoms with van der Waals surface area (Å²) < 4.78 is 11.7. The summed E-state index contributed by atoms with van der Waals surface area (Å²) in [5.74, 6) is -0.734. The average Bonchev–Trinajstić information content (AvgIpc) is 3.19. The zero-order valence-electron chi connectivity index (χ0n) is 12.9.